The van der Waals surface area contributed by atoms with Crippen molar-refractivity contribution in [2.45, 2.75) is 17.6 Å². The smallest absolute Gasteiger partial charge is 0.185 e. The summed E-state index contributed by atoms with van der Waals surface area (Å²) in [6.45, 7) is 1.82. The number of nitrogen functional groups attached to an aromatic ring is 1. The van der Waals surface area contributed by atoms with Gasteiger partial charge in [-0.15, -0.1) is 0 Å². The predicted molar refractivity (Wildman–Crippen MR) is 85.1 cm³/mol. The van der Waals surface area contributed by atoms with Crippen LogP contribution in [0.4, 0.5) is 5.69 Å². The van der Waals surface area contributed by atoms with Gasteiger partial charge < -0.3 is 5.73 Å². The lowest BCUT2D eigenvalue weighted by Gasteiger charge is -2.08. The SMILES string of the molecule is Cc1nn(C)c(CS(=O)(=O)c2ccc(N)cc2Br)c1Br. The minimum atomic E-state index is -3.49. The number of sulfone groups is 1. The summed E-state index contributed by atoms with van der Waals surface area (Å²) >= 11 is 6.62. The van der Waals surface area contributed by atoms with Crippen molar-refractivity contribution in [3.05, 3.63) is 38.5 Å². The lowest BCUT2D eigenvalue weighted by molar-refractivity contribution is 0.591. The summed E-state index contributed by atoms with van der Waals surface area (Å²) in [6.07, 6.45) is 0. The van der Waals surface area contributed by atoms with E-state index >= 15 is 0 Å². The maximum Gasteiger partial charge on any atom is 0.185 e. The number of anilines is 1. The average Bonchev–Trinajstić information content (AvgIpc) is 2.55. The summed E-state index contributed by atoms with van der Waals surface area (Å²) in [6, 6.07) is 4.66. The molecule has 1 aromatic carbocycles. The topological polar surface area (TPSA) is 78.0 Å². The minimum absolute atomic E-state index is 0.132. The van der Waals surface area contributed by atoms with Crippen LogP contribution in [-0.4, -0.2) is 18.2 Å². The molecule has 0 aliphatic carbocycles. The van der Waals surface area contributed by atoms with Gasteiger partial charge >= 0.3 is 0 Å². The first kappa shape index (κ1) is 15.5. The van der Waals surface area contributed by atoms with Crippen molar-refractivity contribution in [1.82, 2.24) is 9.78 Å². The molecule has 0 radical (unpaired) electrons. The quantitative estimate of drug-likeness (QED) is 0.771. The zero-order valence-electron chi connectivity index (χ0n) is 10.9. The van der Waals surface area contributed by atoms with E-state index in [2.05, 4.69) is 37.0 Å². The van der Waals surface area contributed by atoms with Gasteiger partial charge in [0.1, 0.15) is 0 Å². The van der Waals surface area contributed by atoms with Crippen molar-refractivity contribution < 1.29 is 8.42 Å². The van der Waals surface area contributed by atoms with Crippen LogP contribution in [0, 0.1) is 6.92 Å². The standard InChI is InChI=1S/C12H13Br2N3O2S/c1-7-12(14)10(17(2)16-7)6-20(18,19)11-4-3-8(15)5-9(11)13/h3-5H,6,15H2,1-2H3. The maximum absolute atomic E-state index is 12.5. The van der Waals surface area contributed by atoms with Gasteiger partial charge in [0.05, 0.1) is 26.5 Å². The molecule has 5 nitrogen and oxygen atoms in total. The van der Waals surface area contributed by atoms with Crippen LogP contribution in [-0.2, 0) is 22.6 Å². The Morgan fingerprint density at radius 3 is 2.50 bits per heavy atom. The van der Waals surface area contributed by atoms with Crippen molar-refractivity contribution >= 4 is 47.4 Å². The Morgan fingerprint density at radius 2 is 2.00 bits per heavy atom. The largest absolute Gasteiger partial charge is 0.399 e. The van der Waals surface area contributed by atoms with Gasteiger partial charge in [-0.3, -0.25) is 4.68 Å². The monoisotopic (exact) mass is 421 g/mol. The van der Waals surface area contributed by atoms with Crippen molar-refractivity contribution in [2.24, 2.45) is 7.05 Å². The van der Waals surface area contributed by atoms with Crippen LogP contribution in [0.1, 0.15) is 11.4 Å². The van der Waals surface area contributed by atoms with Crippen LogP contribution in [0.2, 0.25) is 0 Å². The third-order valence-electron chi connectivity index (χ3n) is 2.88. The normalized spacial score (nSPS) is 11.8. The van der Waals surface area contributed by atoms with Gasteiger partial charge in [0.15, 0.2) is 9.84 Å². The number of aryl methyl sites for hydroxylation is 2. The van der Waals surface area contributed by atoms with E-state index in [1.54, 1.807) is 23.9 Å². The fourth-order valence-corrected chi connectivity index (χ4v) is 5.14. The highest BCUT2D eigenvalue weighted by molar-refractivity contribution is 9.10. The first-order valence-corrected chi connectivity index (χ1v) is 8.92. The number of halogens is 2. The van der Waals surface area contributed by atoms with Gasteiger partial charge in [-0.25, -0.2) is 8.42 Å². The summed E-state index contributed by atoms with van der Waals surface area (Å²) < 4.78 is 27.8. The van der Waals surface area contributed by atoms with E-state index in [-0.39, 0.29) is 10.6 Å². The maximum atomic E-state index is 12.5. The molecule has 0 spiro atoms. The fraction of sp³-hybridized carbons (Fsp3) is 0.250. The van der Waals surface area contributed by atoms with E-state index in [0.717, 1.165) is 10.2 Å². The highest BCUT2D eigenvalue weighted by Gasteiger charge is 2.23. The van der Waals surface area contributed by atoms with E-state index in [4.69, 9.17) is 5.73 Å². The zero-order chi connectivity index (χ0) is 15.1. The van der Waals surface area contributed by atoms with Crippen LogP contribution < -0.4 is 5.73 Å². The van der Waals surface area contributed by atoms with Gasteiger partial charge in [0.25, 0.3) is 0 Å². The number of nitrogens with two attached hydrogens (primary N) is 1. The molecule has 0 aliphatic rings. The van der Waals surface area contributed by atoms with Gasteiger partial charge in [0, 0.05) is 17.2 Å². The van der Waals surface area contributed by atoms with E-state index in [0.29, 0.717) is 15.9 Å². The fourth-order valence-electron chi connectivity index (χ4n) is 1.86. The van der Waals surface area contributed by atoms with E-state index in [1.807, 2.05) is 6.92 Å². The second-order valence-electron chi connectivity index (χ2n) is 4.42. The molecule has 2 aromatic rings. The highest BCUT2D eigenvalue weighted by atomic mass is 79.9. The van der Waals surface area contributed by atoms with Gasteiger partial charge in [-0.05, 0) is 57.0 Å². The third-order valence-corrected chi connectivity index (χ3v) is 6.51. The van der Waals surface area contributed by atoms with Crippen molar-refractivity contribution in [3.8, 4) is 0 Å². The lowest BCUT2D eigenvalue weighted by atomic mass is 10.3. The Labute approximate surface area is 134 Å². The van der Waals surface area contributed by atoms with Gasteiger partial charge in [0.2, 0.25) is 0 Å². The Morgan fingerprint density at radius 1 is 1.35 bits per heavy atom. The van der Waals surface area contributed by atoms with Crippen LogP contribution in [0.3, 0.4) is 0 Å². The molecule has 2 N–H and O–H groups in total. The first-order valence-electron chi connectivity index (χ1n) is 5.68. The highest BCUT2D eigenvalue weighted by Crippen LogP contribution is 2.29. The van der Waals surface area contributed by atoms with E-state index < -0.39 is 9.84 Å². The molecule has 0 saturated heterocycles. The molecule has 0 saturated carbocycles. The molecule has 1 heterocycles. The molecule has 2 rings (SSSR count). The summed E-state index contributed by atoms with van der Waals surface area (Å²) in [5.41, 5.74) is 7.51. The summed E-state index contributed by atoms with van der Waals surface area (Å²) in [4.78, 5) is 0.220. The second-order valence-corrected chi connectivity index (χ2v) is 8.02. The van der Waals surface area contributed by atoms with Crippen molar-refractivity contribution in [3.63, 3.8) is 0 Å². The minimum Gasteiger partial charge on any atom is -0.399 e. The van der Waals surface area contributed by atoms with Crippen LogP contribution in [0.5, 0.6) is 0 Å². The van der Waals surface area contributed by atoms with Crippen molar-refractivity contribution in [2.75, 3.05) is 5.73 Å². The Kier molecular flexibility index (Phi) is 4.27. The number of benzene rings is 1. The van der Waals surface area contributed by atoms with E-state index in [1.165, 1.54) is 6.07 Å². The molecular formula is C12H13Br2N3O2S. The third kappa shape index (κ3) is 2.91. The molecule has 108 valence electrons. The molecule has 1 aromatic heterocycles. The molecule has 0 amide bonds. The first-order chi connectivity index (χ1) is 9.22. The average molecular weight is 423 g/mol. The number of hydrogen-bond donors (Lipinski definition) is 1. The number of aromatic nitrogens is 2. The van der Waals surface area contributed by atoms with Gasteiger partial charge in [-0.1, -0.05) is 0 Å². The van der Waals surface area contributed by atoms with Crippen LogP contribution in [0.25, 0.3) is 0 Å². The number of hydrogen-bond acceptors (Lipinski definition) is 4. The molecular weight excluding hydrogens is 410 g/mol. The Bertz CT molecular complexity index is 769. The van der Waals surface area contributed by atoms with E-state index in [9.17, 15) is 8.42 Å². The molecule has 0 atom stereocenters. The molecule has 0 fully saturated rings. The van der Waals surface area contributed by atoms with Crippen LogP contribution in [0.15, 0.2) is 32.0 Å². The Balaban J connectivity index is 2.46. The summed E-state index contributed by atoms with van der Waals surface area (Å²) in [5.74, 6) is -0.132. The predicted octanol–water partition coefficient (Wildman–Crippen LogP) is 2.81. The summed E-state index contributed by atoms with van der Waals surface area (Å²) in [5, 5.41) is 4.20. The molecule has 8 heteroatoms. The van der Waals surface area contributed by atoms with Crippen LogP contribution >= 0.6 is 31.9 Å². The molecule has 20 heavy (non-hydrogen) atoms. The van der Waals surface area contributed by atoms with Crippen molar-refractivity contribution in [1.29, 1.82) is 0 Å². The second kappa shape index (κ2) is 5.50. The lowest BCUT2D eigenvalue weighted by Crippen LogP contribution is -2.10. The molecule has 0 unspecified atom stereocenters. The zero-order valence-corrected chi connectivity index (χ0v) is 14.9. The summed E-state index contributed by atoms with van der Waals surface area (Å²) in [7, 11) is -1.76. The molecule has 0 aliphatic heterocycles. The number of nitrogens with zero attached hydrogens (tertiary/aromatic N) is 2. The number of rotatable bonds is 3. The Hall–Kier alpha value is -0.860. The van der Waals surface area contributed by atoms with Gasteiger partial charge in [-0.2, -0.15) is 5.10 Å². The molecule has 0 bridgehead atoms.